The highest BCUT2D eigenvalue weighted by molar-refractivity contribution is 6.40. The molecule has 0 aromatic heterocycles. The van der Waals surface area contributed by atoms with Crippen molar-refractivity contribution in [3.05, 3.63) is 29.8 Å². The number of hydrogen-bond donors (Lipinski definition) is 0. The van der Waals surface area contributed by atoms with Gasteiger partial charge in [-0.15, -0.1) is 0 Å². The summed E-state index contributed by atoms with van der Waals surface area (Å²) >= 11 is 0. The Bertz CT molecular complexity index is 495. The van der Waals surface area contributed by atoms with E-state index < -0.39 is 11.8 Å². The van der Waals surface area contributed by atoms with Crippen LogP contribution in [0, 0.1) is 0 Å². The molecule has 0 bridgehead atoms. The van der Waals surface area contributed by atoms with Crippen LogP contribution in [0.4, 0.5) is 5.69 Å². The van der Waals surface area contributed by atoms with E-state index in [-0.39, 0.29) is 6.04 Å². The Morgan fingerprint density at radius 2 is 1.89 bits per heavy atom. The summed E-state index contributed by atoms with van der Waals surface area (Å²) in [6.07, 6.45) is 0.813. The van der Waals surface area contributed by atoms with Crippen LogP contribution in [-0.4, -0.2) is 35.8 Å². The molecule has 4 nitrogen and oxygen atoms in total. The highest BCUT2D eigenvalue weighted by atomic mass is 16.2. The highest BCUT2D eigenvalue weighted by Gasteiger charge is 2.35. The van der Waals surface area contributed by atoms with E-state index >= 15 is 0 Å². The summed E-state index contributed by atoms with van der Waals surface area (Å²) in [5, 5.41) is 0. The van der Waals surface area contributed by atoms with Crippen molar-refractivity contribution in [2.45, 2.75) is 33.2 Å². The van der Waals surface area contributed by atoms with Crippen molar-refractivity contribution in [1.29, 1.82) is 0 Å². The molecule has 0 saturated carbocycles. The molecule has 19 heavy (non-hydrogen) atoms. The zero-order valence-corrected chi connectivity index (χ0v) is 11.7. The van der Waals surface area contributed by atoms with E-state index in [9.17, 15) is 9.59 Å². The number of amides is 2. The predicted molar refractivity (Wildman–Crippen MR) is 75.0 cm³/mol. The molecule has 0 spiro atoms. The van der Waals surface area contributed by atoms with Crippen LogP contribution in [-0.2, 0) is 16.0 Å². The van der Waals surface area contributed by atoms with Gasteiger partial charge in [0, 0.05) is 24.8 Å². The van der Waals surface area contributed by atoms with Crippen LogP contribution in [0.1, 0.15) is 26.3 Å². The third kappa shape index (κ3) is 2.35. The second kappa shape index (κ2) is 5.43. The number of nitrogens with zero attached hydrogens (tertiary/aromatic N) is 2. The lowest BCUT2D eigenvalue weighted by atomic mass is 10.1. The second-order valence-electron chi connectivity index (χ2n) is 4.83. The molecule has 1 aromatic rings. The quantitative estimate of drug-likeness (QED) is 0.761. The summed E-state index contributed by atoms with van der Waals surface area (Å²) in [6, 6.07) is 7.84. The van der Waals surface area contributed by atoms with E-state index in [1.165, 1.54) is 0 Å². The van der Waals surface area contributed by atoms with E-state index in [0.717, 1.165) is 17.7 Å². The van der Waals surface area contributed by atoms with Gasteiger partial charge in [-0.1, -0.05) is 18.2 Å². The molecule has 2 amide bonds. The first-order chi connectivity index (χ1) is 9.10. The molecule has 0 saturated heterocycles. The second-order valence-corrected chi connectivity index (χ2v) is 4.83. The van der Waals surface area contributed by atoms with Crippen LogP contribution >= 0.6 is 0 Å². The van der Waals surface area contributed by atoms with Crippen LogP contribution in [0.2, 0.25) is 0 Å². The zero-order chi connectivity index (χ0) is 14.0. The Hall–Kier alpha value is -1.84. The monoisotopic (exact) mass is 260 g/mol. The fourth-order valence-corrected chi connectivity index (χ4v) is 2.62. The van der Waals surface area contributed by atoms with Gasteiger partial charge in [-0.2, -0.15) is 0 Å². The van der Waals surface area contributed by atoms with Crippen molar-refractivity contribution < 1.29 is 9.59 Å². The van der Waals surface area contributed by atoms with Crippen LogP contribution in [0.3, 0.4) is 0 Å². The summed E-state index contributed by atoms with van der Waals surface area (Å²) in [7, 11) is 0. The average Bonchev–Trinajstić information content (AvgIpc) is 2.75. The van der Waals surface area contributed by atoms with Crippen molar-refractivity contribution in [3.8, 4) is 0 Å². The Morgan fingerprint density at radius 1 is 1.26 bits per heavy atom. The van der Waals surface area contributed by atoms with Crippen molar-refractivity contribution in [1.82, 2.24) is 4.90 Å². The number of benzene rings is 1. The summed E-state index contributed by atoms with van der Waals surface area (Å²) in [4.78, 5) is 27.8. The number of para-hydroxylation sites is 1. The van der Waals surface area contributed by atoms with Crippen molar-refractivity contribution in [2.75, 3.05) is 18.0 Å². The van der Waals surface area contributed by atoms with Gasteiger partial charge in [0.15, 0.2) is 0 Å². The molecule has 0 radical (unpaired) electrons. The Balaban J connectivity index is 2.27. The molecule has 1 aliphatic heterocycles. The molecule has 1 unspecified atom stereocenters. The van der Waals surface area contributed by atoms with Crippen LogP contribution < -0.4 is 4.90 Å². The SMILES string of the molecule is CCN(CC)C(=O)C(=O)N1c2ccccc2CC1C. The van der Waals surface area contributed by atoms with E-state index in [0.29, 0.717) is 13.1 Å². The van der Waals surface area contributed by atoms with Crippen molar-refractivity contribution in [2.24, 2.45) is 0 Å². The lowest BCUT2D eigenvalue weighted by molar-refractivity contribution is -0.144. The fourth-order valence-electron chi connectivity index (χ4n) is 2.62. The maximum atomic E-state index is 12.4. The first-order valence-electron chi connectivity index (χ1n) is 6.80. The molecule has 1 heterocycles. The Labute approximate surface area is 114 Å². The van der Waals surface area contributed by atoms with Crippen LogP contribution in [0.5, 0.6) is 0 Å². The van der Waals surface area contributed by atoms with Gasteiger partial charge in [-0.3, -0.25) is 9.59 Å². The van der Waals surface area contributed by atoms with Crippen LogP contribution in [0.15, 0.2) is 24.3 Å². The lowest BCUT2D eigenvalue weighted by Crippen LogP contribution is -2.47. The van der Waals surface area contributed by atoms with Gasteiger partial charge in [-0.25, -0.2) is 0 Å². The number of anilines is 1. The Morgan fingerprint density at radius 3 is 2.53 bits per heavy atom. The minimum absolute atomic E-state index is 0.0458. The minimum Gasteiger partial charge on any atom is -0.335 e. The third-order valence-corrected chi connectivity index (χ3v) is 3.66. The van der Waals surface area contributed by atoms with Gasteiger partial charge in [0.2, 0.25) is 0 Å². The van der Waals surface area contributed by atoms with Gasteiger partial charge in [0.05, 0.1) is 0 Å². The number of likely N-dealkylation sites (N-methyl/N-ethyl adjacent to an activating group) is 1. The van der Waals surface area contributed by atoms with Gasteiger partial charge >= 0.3 is 11.8 Å². The smallest absolute Gasteiger partial charge is 0.316 e. The topological polar surface area (TPSA) is 40.6 Å². The Kier molecular flexibility index (Phi) is 3.88. The molecular formula is C15H20N2O2. The molecule has 0 N–H and O–H groups in total. The summed E-state index contributed by atoms with van der Waals surface area (Å²) < 4.78 is 0. The number of carbonyl (C=O) groups excluding carboxylic acids is 2. The van der Waals surface area contributed by atoms with Crippen LogP contribution in [0.25, 0.3) is 0 Å². The predicted octanol–water partition coefficient (Wildman–Crippen LogP) is 1.83. The maximum absolute atomic E-state index is 12.4. The standard InChI is InChI=1S/C15H20N2O2/c1-4-16(5-2)14(18)15(19)17-11(3)10-12-8-6-7-9-13(12)17/h6-9,11H,4-5,10H2,1-3H3. The number of fused-ring (bicyclic) bond motifs is 1. The van der Waals surface area contributed by atoms with Crippen molar-refractivity contribution >= 4 is 17.5 Å². The third-order valence-electron chi connectivity index (χ3n) is 3.66. The highest BCUT2D eigenvalue weighted by Crippen LogP contribution is 2.31. The molecule has 1 atom stereocenters. The molecule has 0 aliphatic carbocycles. The number of carbonyl (C=O) groups is 2. The van der Waals surface area contributed by atoms with E-state index in [4.69, 9.17) is 0 Å². The van der Waals surface area contributed by atoms with Crippen molar-refractivity contribution in [3.63, 3.8) is 0 Å². The maximum Gasteiger partial charge on any atom is 0.316 e. The zero-order valence-electron chi connectivity index (χ0n) is 11.7. The fraction of sp³-hybridized carbons (Fsp3) is 0.467. The molecule has 0 fully saturated rings. The normalized spacial score (nSPS) is 17.2. The lowest BCUT2D eigenvalue weighted by Gasteiger charge is -2.25. The summed E-state index contributed by atoms with van der Waals surface area (Å²) in [5.74, 6) is -0.824. The molecule has 4 heteroatoms. The number of hydrogen-bond acceptors (Lipinski definition) is 2. The molecule has 2 rings (SSSR count). The van der Waals surface area contributed by atoms with E-state index in [1.807, 2.05) is 45.0 Å². The van der Waals surface area contributed by atoms with Gasteiger partial charge in [0.1, 0.15) is 0 Å². The van der Waals surface area contributed by atoms with E-state index in [1.54, 1.807) is 9.80 Å². The molecular weight excluding hydrogens is 240 g/mol. The number of rotatable bonds is 2. The van der Waals surface area contributed by atoms with E-state index in [2.05, 4.69) is 0 Å². The molecule has 1 aliphatic rings. The average molecular weight is 260 g/mol. The summed E-state index contributed by atoms with van der Waals surface area (Å²) in [6.45, 7) is 6.87. The minimum atomic E-state index is -0.416. The summed E-state index contributed by atoms with van der Waals surface area (Å²) in [5.41, 5.74) is 2.01. The first kappa shape index (κ1) is 13.6. The van der Waals surface area contributed by atoms with Gasteiger partial charge < -0.3 is 9.80 Å². The van der Waals surface area contributed by atoms with Gasteiger partial charge in [-0.05, 0) is 38.8 Å². The first-order valence-corrected chi connectivity index (χ1v) is 6.80. The molecule has 1 aromatic carbocycles. The van der Waals surface area contributed by atoms with Gasteiger partial charge in [0.25, 0.3) is 0 Å². The largest absolute Gasteiger partial charge is 0.335 e. The molecule has 102 valence electrons.